The van der Waals surface area contributed by atoms with Crippen LogP contribution in [-0.4, -0.2) is 51.0 Å². The van der Waals surface area contributed by atoms with Crippen LogP contribution in [0.1, 0.15) is 43.2 Å². The van der Waals surface area contributed by atoms with Crippen molar-refractivity contribution in [2.24, 2.45) is 0 Å². The van der Waals surface area contributed by atoms with Crippen molar-refractivity contribution in [3.05, 3.63) is 35.3 Å². The Balaban J connectivity index is 1.83. The summed E-state index contributed by atoms with van der Waals surface area (Å²) < 4.78 is 5.70. The topological polar surface area (TPSA) is 94.1 Å². The van der Waals surface area contributed by atoms with E-state index in [1.807, 2.05) is 19.1 Å². The first kappa shape index (κ1) is 16.2. The van der Waals surface area contributed by atoms with Gasteiger partial charge in [0.2, 0.25) is 5.91 Å². The predicted octanol–water partition coefficient (Wildman–Crippen LogP) is 1.05. The minimum absolute atomic E-state index is 0.0530. The molecule has 1 unspecified atom stereocenters. The van der Waals surface area contributed by atoms with Crippen molar-refractivity contribution in [3.63, 3.8) is 0 Å². The van der Waals surface area contributed by atoms with Crippen molar-refractivity contribution < 1.29 is 24.5 Å². The second kappa shape index (κ2) is 6.47. The quantitative estimate of drug-likeness (QED) is 0.757. The molecule has 1 aliphatic heterocycles. The van der Waals surface area contributed by atoms with Gasteiger partial charge in [-0.05, 0) is 44.4 Å². The van der Waals surface area contributed by atoms with E-state index < -0.39 is 18.3 Å². The number of rotatable bonds is 2. The minimum atomic E-state index is -1.24. The number of furan rings is 1. The summed E-state index contributed by atoms with van der Waals surface area (Å²) >= 11 is 0. The lowest BCUT2D eigenvalue weighted by Crippen LogP contribution is -2.45. The lowest BCUT2D eigenvalue weighted by atomic mass is 9.90. The molecule has 1 aromatic heterocycles. The van der Waals surface area contributed by atoms with Gasteiger partial charge < -0.3 is 24.6 Å². The summed E-state index contributed by atoms with van der Waals surface area (Å²) in [6.45, 7) is 2.49. The monoisotopic (exact) mass is 321 g/mol. The number of aliphatic hydroxyl groups is 3. The van der Waals surface area contributed by atoms with Crippen molar-refractivity contribution >= 4 is 5.91 Å². The number of aliphatic hydroxyl groups excluding tert-OH is 3. The molecule has 6 nitrogen and oxygen atoms in total. The molecule has 0 spiro atoms. The van der Waals surface area contributed by atoms with Gasteiger partial charge in [0.1, 0.15) is 23.7 Å². The first-order valence-electron chi connectivity index (χ1n) is 8.09. The first-order valence-corrected chi connectivity index (χ1v) is 8.09. The van der Waals surface area contributed by atoms with E-state index in [0.717, 1.165) is 30.8 Å². The van der Waals surface area contributed by atoms with E-state index in [1.165, 1.54) is 6.08 Å². The van der Waals surface area contributed by atoms with Crippen LogP contribution in [-0.2, 0) is 4.79 Å². The van der Waals surface area contributed by atoms with Gasteiger partial charge in [-0.25, -0.2) is 0 Å². The second-order valence-electron chi connectivity index (χ2n) is 6.40. The van der Waals surface area contributed by atoms with Crippen LogP contribution >= 0.6 is 0 Å². The molecule has 1 saturated heterocycles. The molecule has 1 fully saturated rings. The number of nitrogens with zero attached hydrogens (tertiary/aromatic N) is 1. The van der Waals surface area contributed by atoms with E-state index in [-0.39, 0.29) is 18.4 Å². The fourth-order valence-electron chi connectivity index (χ4n) is 3.39. The summed E-state index contributed by atoms with van der Waals surface area (Å²) in [7, 11) is 0. The highest BCUT2D eigenvalue weighted by molar-refractivity contribution is 5.94. The maximum Gasteiger partial charge on any atom is 0.250 e. The lowest BCUT2D eigenvalue weighted by molar-refractivity contribution is -0.133. The zero-order valence-electron chi connectivity index (χ0n) is 13.2. The molecule has 1 aromatic rings. The number of carbonyl (C=O) groups excluding carboxylic acids is 1. The molecule has 126 valence electrons. The number of amides is 1. The number of hydrogen-bond acceptors (Lipinski definition) is 5. The Morgan fingerprint density at radius 3 is 2.70 bits per heavy atom. The highest BCUT2D eigenvalue weighted by Crippen LogP contribution is 2.34. The lowest BCUT2D eigenvalue weighted by Gasteiger charge is -2.37. The van der Waals surface area contributed by atoms with Crippen LogP contribution in [0.5, 0.6) is 0 Å². The summed E-state index contributed by atoms with van der Waals surface area (Å²) in [5.41, 5.74) is 0.352. The second-order valence-corrected chi connectivity index (χ2v) is 6.40. The summed E-state index contributed by atoms with van der Waals surface area (Å²) in [4.78, 5) is 14.6. The van der Waals surface area contributed by atoms with Crippen LogP contribution in [0.25, 0.3) is 0 Å². The van der Waals surface area contributed by atoms with Crippen LogP contribution in [0, 0.1) is 6.92 Å². The molecular weight excluding hydrogens is 298 g/mol. The fourth-order valence-corrected chi connectivity index (χ4v) is 3.39. The van der Waals surface area contributed by atoms with Gasteiger partial charge in [-0.15, -0.1) is 0 Å². The largest absolute Gasteiger partial charge is 0.464 e. The van der Waals surface area contributed by atoms with Gasteiger partial charge in [0.25, 0.3) is 0 Å². The SMILES string of the molecule is Cc1ccc(C2CCCCN2C(=O)C2=C[C@@H](O)[C@@H](O)[C@H](O)C2)o1. The van der Waals surface area contributed by atoms with E-state index in [1.54, 1.807) is 4.90 Å². The minimum Gasteiger partial charge on any atom is -0.464 e. The molecule has 0 aromatic carbocycles. The van der Waals surface area contributed by atoms with E-state index in [9.17, 15) is 20.1 Å². The third-order valence-corrected chi connectivity index (χ3v) is 4.67. The van der Waals surface area contributed by atoms with E-state index in [4.69, 9.17) is 4.42 Å². The summed E-state index contributed by atoms with van der Waals surface area (Å²) in [6.07, 6.45) is 0.613. The van der Waals surface area contributed by atoms with Gasteiger partial charge in [0, 0.05) is 18.5 Å². The Bertz CT molecular complexity index is 608. The molecule has 1 aliphatic carbocycles. The molecule has 3 rings (SSSR count). The van der Waals surface area contributed by atoms with E-state index >= 15 is 0 Å². The zero-order chi connectivity index (χ0) is 16.6. The van der Waals surface area contributed by atoms with E-state index in [2.05, 4.69) is 0 Å². The van der Waals surface area contributed by atoms with Crippen LogP contribution in [0.3, 0.4) is 0 Å². The number of piperidine rings is 1. The Kier molecular flexibility index (Phi) is 4.57. The third kappa shape index (κ3) is 3.20. The Hall–Kier alpha value is -1.63. The maximum absolute atomic E-state index is 12.9. The molecule has 4 atom stereocenters. The highest BCUT2D eigenvalue weighted by Gasteiger charge is 2.36. The number of likely N-dealkylation sites (tertiary alicyclic amines) is 1. The fraction of sp³-hybridized carbons (Fsp3) is 0.588. The smallest absolute Gasteiger partial charge is 0.250 e. The van der Waals surface area contributed by atoms with Gasteiger partial charge in [0.05, 0.1) is 12.1 Å². The van der Waals surface area contributed by atoms with Gasteiger partial charge in [-0.3, -0.25) is 4.79 Å². The number of hydrogen-bond donors (Lipinski definition) is 3. The molecule has 23 heavy (non-hydrogen) atoms. The maximum atomic E-state index is 12.9. The standard InChI is InChI=1S/C17H23NO5/c1-10-5-6-15(23-10)12-4-2-3-7-18(12)17(22)11-8-13(19)16(21)14(20)9-11/h5-6,8,12-14,16,19-21H,2-4,7,9H2,1H3/t12?,13-,14-,16-/m1/s1. The Morgan fingerprint density at radius 2 is 2.04 bits per heavy atom. The van der Waals surface area contributed by atoms with Crippen LogP contribution in [0.2, 0.25) is 0 Å². The molecule has 6 heteroatoms. The predicted molar refractivity (Wildman–Crippen MR) is 82.5 cm³/mol. The zero-order valence-corrected chi connectivity index (χ0v) is 13.2. The van der Waals surface area contributed by atoms with E-state index in [0.29, 0.717) is 12.1 Å². The molecule has 3 N–H and O–H groups in total. The molecule has 2 aliphatic rings. The summed E-state index contributed by atoms with van der Waals surface area (Å²) in [6, 6.07) is 3.66. The summed E-state index contributed by atoms with van der Waals surface area (Å²) in [5, 5.41) is 29.2. The molecule has 2 heterocycles. The summed E-state index contributed by atoms with van der Waals surface area (Å²) in [5.74, 6) is 1.38. The molecule has 1 amide bonds. The first-order chi connectivity index (χ1) is 11.0. The molecule has 0 saturated carbocycles. The molecular formula is C17H23NO5. The van der Waals surface area contributed by atoms with Gasteiger partial charge in [-0.1, -0.05) is 0 Å². The van der Waals surface area contributed by atoms with Crippen molar-refractivity contribution in [3.8, 4) is 0 Å². The number of carbonyl (C=O) groups is 1. The molecule has 0 bridgehead atoms. The Labute approximate surface area is 135 Å². The highest BCUT2D eigenvalue weighted by atomic mass is 16.4. The van der Waals surface area contributed by atoms with Gasteiger partial charge in [0.15, 0.2) is 0 Å². The Morgan fingerprint density at radius 1 is 1.26 bits per heavy atom. The van der Waals surface area contributed by atoms with Crippen LogP contribution in [0.4, 0.5) is 0 Å². The van der Waals surface area contributed by atoms with Crippen molar-refractivity contribution in [1.29, 1.82) is 0 Å². The van der Waals surface area contributed by atoms with Crippen molar-refractivity contribution in [1.82, 2.24) is 4.90 Å². The van der Waals surface area contributed by atoms with Crippen LogP contribution < -0.4 is 0 Å². The van der Waals surface area contributed by atoms with Gasteiger partial charge >= 0.3 is 0 Å². The third-order valence-electron chi connectivity index (χ3n) is 4.67. The van der Waals surface area contributed by atoms with Gasteiger partial charge in [-0.2, -0.15) is 0 Å². The average Bonchev–Trinajstić information content (AvgIpc) is 2.98. The molecule has 0 radical (unpaired) electrons. The normalized spacial score (nSPS) is 31.8. The van der Waals surface area contributed by atoms with Crippen molar-refractivity contribution in [2.75, 3.05) is 6.54 Å². The van der Waals surface area contributed by atoms with Crippen LogP contribution in [0.15, 0.2) is 28.2 Å². The number of aryl methyl sites for hydroxylation is 1. The average molecular weight is 321 g/mol. The van der Waals surface area contributed by atoms with Crippen molar-refractivity contribution in [2.45, 2.75) is 57.0 Å².